The summed E-state index contributed by atoms with van der Waals surface area (Å²) >= 11 is 0. The number of carbonyl (C=O) groups is 2. The van der Waals surface area contributed by atoms with Crippen molar-refractivity contribution in [2.75, 3.05) is 11.4 Å². The standard InChI is InChI=1S/C15H17N3O2/c1-9-4-5-17-12(7-9)14(19)18(15(17)20)13-11(3)6-10(2)8-16-13/h6,8,12H,1,4-5,7H2,2-3H3. The summed E-state index contributed by atoms with van der Waals surface area (Å²) in [7, 11) is 0. The molecule has 0 bridgehead atoms. The highest BCUT2D eigenvalue weighted by Crippen LogP contribution is 2.32. The number of imide groups is 1. The van der Waals surface area contributed by atoms with Crippen LogP contribution in [0.2, 0.25) is 0 Å². The molecule has 0 N–H and O–H groups in total. The van der Waals surface area contributed by atoms with Crippen LogP contribution < -0.4 is 4.90 Å². The number of aryl methyl sites for hydroxylation is 2. The van der Waals surface area contributed by atoms with E-state index in [4.69, 9.17) is 0 Å². The molecule has 2 saturated heterocycles. The molecule has 1 unspecified atom stereocenters. The van der Waals surface area contributed by atoms with Gasteiger partial charge in [0.2, 0.25) is 0 Å². The molecule has 1 aromatic rings. The Hall–Kier alpha value is -2.17. The van der Waals surface area contributed by atoms with Gasteiger partial charge in [0.05, 0.1) is 0 Å². The predicted octanol–water partition coefficient (Wildman–Crippen LogP) is 2.19. The first kappa shape index (κ1) is 12.8. The van der Waals surface area contributed by atoms with Crippen molar-refractivity contribution in [1.29, 1.82) is 0 Å². The van der Waals surface area contributed by atoms with Crippen LogP contribution in [-0.2, 0) is 4.79 Å². The Balaban J connectivity index is 2.00. The monoisotopic (exact) mass is 271 g/mol. The van der Waals surface area contributed by atoms with Gasteiger partial charge >= 0.3 is 6.03 Å². The zero-order valence-corrected chi connectivity index (χ0v) is 11.7. The Bertz CT molecular complexity index is 624. The lowest BCUT2D eigenvalue weighted by Crippen LogP contribution is -2.39. The molecule has 0 spiro atoms. The van der Waals surface area contributed by atoms with Crippen molar-refractivity contribution in [2.45, 2.75) is 32.7 Å². The van der Waals surface area contributed by atoms with Crippen molar-refractivity contribution in [3.8, 4) is 0 Å². The van der Waals surface area contributed by atoms with Gasteiger partial charge in [0, 0.05) is 12.7 Å². The van der Waals surface area contributed by atoms with Crippen molar-refractivity contribution in [3.63, 3.8) is 0 Å². The predicted molar refractivity (Wildman–Crippen MR) is 75.5 cm³/mol. The van der Waals surface area contributed by atoms with Gasteiger partial charge in [-0.2, -0.15) is 0 Å². The topological polar surface area (TPSA) is 53.5 Å². The van der Waals surface area contributed by atoms with Crippen molar-refractivity contribution in [1.82, 2.24) is 9.88 Å². The molecule has 1 atom stereocenters. The van der Waals surface area contributed by atoms with Gasteiger partial charge in [-0.3, -0.25) is 4.79 Å². The molecule has 0 aliphatic carbocycles. The number of urea groups is 1. The first-order valence-electron chi connectivity index (χ1n) is 6.73. The molecule has 0 radical (unpaired) electrons. The number of nitrogens with zero attached hydrogens (tertiary/aromatic N) is 3. The summed E-state index contributed by atoms with van der Waals surface area (Å²) in [6, 6.07) is 1.28. The van der Waals surface area contributed by atoms with Crippen LogP contribution in [0.5, 0.6) is 0 Å². The molecule has 1 aromatic heterocycles. The molecule has 0 saturated carbocycles. The number of aromatic nitrogens is 1. The molecule has 5 heteroatoms. The van der Waals surface area contributed by atoms with E-state index in [1.807, 2.05) is 19.9 Å². The van der Waals surface area contributed by atoms with Crippen LogP contribution in [0.15, 0.2) is 24.4 Å². The van der Waals surface area contributed by atoms with E-state index in [0.29, 0.717) is 18.8 Å². The molecule has 2 aliphatic heterocycles. The number of fused-ring (bicyclic) bond motifs is 1. The summed E-state index contributed by atoms with van der Waals surface area (Å²) < 4.78 is 0. The van der Waals surface area contributed by atoms with E-state index in [0.717, 1.165) is 23.1 Å². The molecule has 2 fully saturated rings. The second kappa shape index (κ2) is 4.44. The molecule has 104 valence electrons. The second-order valence-electron chi connectivity index (χ2n) is 5.52. The fourth-order valence-electron chi connectivity index (χ4n) is 2.88. The summed E-state index contributed by atoms with van der Waals surface area (Å²) in [5, 5.41) is 0. The van der Waals surface area contributed by atoms with Crippen LogP contribution in [0.1, 0.15) is 24.0 Å². The molecular formula is C15H17N3O2. The van der Waals surface area contributed by atoms with E-state index in [9.17, 15) is 9.59 Å². The van der Waals surface area contributed by atoms with E-state index in [1.165, 1.54) is 4.90 Å². The maximum absolute atomic E-state index is 12.5. The summed E-state index contributed by atoms with van der Waals surface area (Å²) in [6.07, 6.45) is 3.01. The third-order valence-electron chi connectivity index (χ3n) is 3.91. The fraction of sp³-hybridized carbons (Fsp3) is 0.400. The zero-order valence-electron chi connectivity index (χ0n) is 11.7. The van der Waals surface area contributed by atoms with Crippen LogP contribution in [-0.4, -0.2) is 34.4 Å². The van der Waals surface area contributed by atoms with Crippen LogP contribution in [0, 0.1) is 13.8 Å². The number of carbonyl (C=O) groups excluding carboxylic acids is 2. The molecule has 3 rings (SSSR count). The number of piperidine rings is 1. The average molecular weight is 271 g/mol. The van der Waals surface area contributed by atoms with E-state index >= 15 is 0 Å². The van der Waals surface area contributed by atoms with E-state index in [-0.39, 0.29) is 11.9 Å². The summed E-state index contributed by atoms with van der Waals surface area (Å²) in [4.78, 5) is 32.1. The number of amides is 3. The Kier molecular flexibility index (Phi) is 2.85. The van der Waals surface area contributed by atoms with Gasteiger partial charge in [-0.25, -0.2) is 14.7 Å². The molecule has 3 amide bonds. The first-order valence-corrected chi connectivity index (χ1v) is 6.73. The Morgan fingerprint density at radius 1 is 1.35 bits per heavy atom. The van der Waals surface area contributed by atoms with Gasteiger partial charge in [-0.15, -0.1) is 0 Å². The lowest BCUT2D eigenvalue weighted by molar-refractivity contribution is -0.120. The SMILES string of the molecule is C=C1CCN2C(=O)N(c3ncc(C)cc3C)C(=O)C2C1. The van der Waals surface area contributed by atoms with Gasteiger partial charge in [-0.05, 0) is 37.8 Å². The van der Waals surface area contributed by atoms with Gasteiger partial charge in [0.1, 0.15) is 11.9 Å². The molecule has 20 heavy (non-hydrogen) atoms. The average Bonchev–Trinajstić information content (AvgIpc) is 2.63. The Labute approximate surface area is 117 Å². The van der Waals surface area contributed by atoms with Gasteiger partial charge in [-0.1, -0.05) is 18.2 Å². The highest BCUT2D eigenvalue weighted by Gasteiger charge is 2.48. The normalized spacial score (nSPS) is 22.5. The largest absolute Gasteiger partial charge is 0.333 e. The molecule has 5 nitrogen and oxygen atoms in total. The van der Waals surface area contributed by atoms with Crippen molar-refractivity contribution >= 4 is 17.8 Å². The van der Waals surface area contributed by atoms with Crippen molar-refractivity contribution in [2.24, 2.45) is 0 Å². The smallest absolute Gasteiger partial charge is 0.311 e. The minimum absolute atomic E-state index is 0.185. The van der Waals surface area contributed by atoms with Crippen LogP contribution in [0.25, 0.3) is 0 Å². The van der Waals surface area contributed by atoms with Crippen LogP contribution in [0.4, 0.5) is 10.6 Å². The zero-order chi connectivity index (χ0) is 14.4. The van der Waals surface area contributed by atoms with E-state index < -0.39 is 6.04 Å². The summed E-state index contributed by atoms with van der Waals surface area (Å²) in [5.74, 6) is 0.265. The fourth-order valence-corrected chi connectivity index (χ4v) is 2.88. The summed E-state index contributed by atoms with van der Waals surface area (Å²) in [6.45, 7) is 8.30. The lowest BCUT2D eigenvalue weighted by Gasteiger charge is -2.27. The van der Waals surface area contributed by atoms with Gasteiger partial charge < -0.3 is 4.90 Å². The second-order valence-corrected chi connectivity index (χ2v) is 5.52. The number of anilines is 1. The van der Waals surface area contributed by atoms with Crippen LogP contribution >= 0.6 is 0 Å². The van der Waals surface area contributed by atoms with Crippen LogP contribution in [0.3, 0.4) is 0 Å². The van der Waals surface area contributed by atoms with Crippen molar-refractivity contribution < 1.29 is 9.59 Å². The first-order chi connectivity index (χ1) is 9.49. The molecule has 3 heterocycles. The van der Waals surface area contributed by atoms with E-state index in [1.54, 1.807) is 11.1 Å². The Morgan fingerprint density at radius 2 is 2.10 bits per heavy atom. The summed E-state index contributed by atoms with van der Waals surface area (Å²) in [5.41, 5.74) is 2.88. The highest BCUT2D eigenvalue weighted by molar-refractivity contribution is 6.21. The minimum atomic E-state index is -0.397. The number of hydrogen-bond donors (Lipinski definition) is 0. The molecular weight excluding hydrogens is 254 g/mol. The van der Waals surface area contributed by atoms with E-state index in [2.05, 4.69) is 11.6 Å². The molecule has 2 aliphatic rings. The van der Waals surface area contributed by atoms with Crippen molar-refractivity contribution in [3.05, 3.63) is 35.5 Å². The quantitative estimate of drug-likeness (QED) is 0.581. The third kappa shape index (κ3) is 1.81. The maximum atomic E-state index is 12.5. The number of pyridine rings is 1. The number of hydrogen-bond acceptors (Lipinski definition) is 3. The lowest BCUT2D eigenvalue weighted by atomic mass is 9.99. The molecule has 0 aromatic carbocycles. The number of rotatable bonds is 1. The van der Waals surface area contributed by atoms with Gasteiger partial charge in [0.15, 0.2) is 0 Å². The third-order valence-corrected chi connectivity index (χ3v) is 3.91. The maximum Gasteiger partial charge on any atom is 0.333 e. The highest BCUT2D eigenvalue weighted by atomic mass is 16.2. The van der Waals surface area contributed by atoms with Gasteiger partial charge in [0.25, 0.3) is 5.91 Å². The minimum Gasteiger partial charge on any atom is -0.311 e. The Morgan fingerprint density at radius 3 is 2.80 bits per heavy atom.